The zero-order valence-corrected chi connectivity index (χ0v) is 14.1. The van der Waals surface area contributed by atoms with Crippen LogP contribution in [0.1, 0.15) is 11.1 Å². The summed E-state index contributed by atoms with van der Waals surface area (Å²) in [7, 11) is 1.61. The highest BCUT2D eigenvalue weighted by molar-refractivity contribution is 6.30. The van der Waals surface area contributed by atoms with Gasteiger partial charge >= 0.3 is 0 Å². The molecule has 0 unspecified atom stereocenters. The number of methoxy groups -OCH3 is 1. The zero-order chi connectivity index (χ0) is 17.6. The van der Waals surface area contributed by atoms with Crippen LogP contribution in [-0.2, 0) is 0 Å². The molecule has 0 atom stereocenters. The maximum absolute atomic E-state index is 9.42. The molecule has 1 aromatic heterocycles. The second-order valence-corrected chi connectivity index (χ2v) is 5.51. The van der Waals surface area contributed by atoms with Gasteiger partial charge < -0.3 is 10.1 Å². The molecule has 0 radical (unpaired) electrons. The molecule has 6 nitrogen and oxygen atoms in total. The number of aromatic amines is 1. The van der Waals surface area contributed by atoms with E-state index in [1.165, 1.54) is 0 Å². The van der Waals surface area contributed by atoms with Crippen LogP contribution in [-0.4, -0.2) is 23.5 Å². The fourth-order valence-electron chi connectivity index (χ4n) is 2.13. The van der Waals surface area contributed by atoms with Gasteiger partial charge in [0.15, 0.2) is 5.82 Å². The van der Waals surface area contributed by atoms with Gasteiger partial charge in [-0.15, -0.1) is 0 Å². The molecule has 3 aromatic rings. The predicted molar refractivity (Wildman–Crippen MR) is 98.3 cm³/mol. The highest BCUT2D eigenvalue weighted by Crippen LogP contribution is 2.26. The van der Waals surface area contributed by atoms with E-state index in [-0.39, 0.29) is 0 Å². The standard InChI is InChI=1S/C18H14ClN5O/c1-25-15-8-6-14(7-9-15)22-18-16(10-20)17(23-24-18)21-11-12-2-4-13(19)5-3-12/h2-9,11H,1H3,(H2,22,23,24). The maximum Gasteiger partial charge on any atom is 0.193 e. The molecule has 0 aliphatic carbocycles. The van der Waals surface area contributed by atoms with Crippen molar-refractivity contribution >= 4 is 35.1 Å². The molecule has 2 aromatic carbocycles. The van der Waals surface area contributed by atoms with Crippen LogP contribution in [0.5, 0.6) is 5.75 Å². The number of hydrogen-bond acceptors (Lipinski definition) is 5. The molecule has 0 saturated heterocycles. The molecular formula is C18H14ClN5O. The second-order valence-electron chi connectivity index (χ2n) is 5.07. The SMILES string of the molecule is COc1ccc(Nc2[nH]nc(N=Cc3ccc(Cl)cc3)c2C#N)cc1. The Morgan fingerprint density at radius 3 is 2.56 bits per heavy atom. The first-order valence-corrected chi connectivity index (χ1v) is 7.76. The molecule has 25 heavy (non-hydrogen) atoms. The number of aliphatic imine (C=N–C) groups is 1. The number of nitrogens with zero attached hydrogens (tertiary/aromatic N) is 3. The number of rotatable bonds is 5. The number of hydrogen-bond donors (Lipinski definition) is 2. The van der Waals surface area contributed by atoms with Gasteiger partial charge in [0.25, 0.3) is 0 Å². The van der Waals surface area contributed by atoms with Crippen molar-refractivity contribution in [3.05, 3.63) is 64.7 Å². The Labute approximate surface area is 149 Å². The van der Waals surface area contributed by atoms with Gasteiger partial charge in [0.1, 0.15) is 23.2 Å². The minimum atomic E-state index is 0.313. The van der Waals surface area contributed by atoms with Crippen molar-refractivity contribution in [3.63, 3.8) is 0 Å². The van der Waals surface area contributed by atoms with Crippen LogP contribution in [0, 0.1) is 11.3 Å². The number of benzene rings is 2. The minimum Gasteiger partial charge on any atom is -0.497 e. The first-order valence-electron chi connectivity index (χ1n) is 7.39. The van der Waals surface area contributed by atoms with Gasteiger partial charge in [-0.05, 0) is 42.0 Å². The lowest BCUT2D eigenvalue weighted by Crippen LogP contribution is -1.93. The third-order valence-electron chi connectivity index (χ3n) is 3.42. The smallest absolute Gasteiger partial charge is 0.193 e. The van der Waals surface area contributed by atoms with E-state index in [2.05, 4.69) is 26.6 Å². The average molecular weight is 352 g/mol. The molecule has 0 saturated carbocycles. The van der Waals surface area contributed by atoms with E-state index in [0.717, 1.165) is 17.0 Å². The molecule has 0 bridgehead atoms. The van der Waals surface area contributed by atoms with Gasteiger partial charge in [0, 0.05) is 16.9 Å². The van der Waals surface area contributed by atoms with Crippen LogP contribution in [0.15, 0.2) is 53.5 Å². The van der Waals surface area contributed by atoms with Crippen molar-refractivity contribution in [2.45, 2.75) is 0 Å². The Hall–Kier alpha value is -3.30. The first-order chi connectivity index (χ1) is 12.2. The summed E-state index contributed by atoms with van der Waals surface area (Å²) in [5.41, 5.74) is 2.00. The van der Waals surface area contributed by atoms with Gasteiger partial charge in [-0.25, -0.2) is 4.99 Å². The van der Waals surface area contributed by atoms with E-state index in [0.29, 0.717) is 22.2 Å². The van der Waals surface area contributed by atoms with Crippen molar-refractivity contribution < 1.29 is 4.74 Å². The Bertz CT molecular complexity index is 924. The Morgan fingerprint density at radius 2 is 1.92 bits per heavy atom. The molecule has 1 heterocycles. The number of nitriles is 1. The fraction of sp³-hybridized carbons (Fsp3) is 0.0556. The van der Waals surface area contributed by atoms with Crippen molar-refractivity contribution in [1.82, 2.24) is 10.2 Å². The van der Waals surface area contributed by atoms with Crippen LogP contribution >= 0.6 is 11.6 Å². The van der Waals surface area contributed by atoms with Crippen molar-refractivity contribution in [2.24, 2.45) is 4.99 Å². The highest BCUT2D eigenvalue weighted by Gasteiger charge is 2.12. The number of nitrogens with one attached hydrogen (secondary N) is 2. The summed E-state index contributed by atoms with van der Waals surface area (Å²) in [6, 6.07) is 16.7. The normalized spacial score (nSPS) is 10.6. The summed E-state index contributed by atoms with van der Waals surface area (Å²) >= 11 is 5.85. The summed E-state index contributed by atoms with van der Waals surface area (Å²) < 4.78 is 5.12. The third kappa shape index (κ3) is 3.97. The molecule has 0 aliphatic heterocycles. The minimum absolute atomic E-state index is 0.313. The van der Waals surface area contributed by atoms with E-state index in [1.54, 1.807) is 25.5 Å². The molecule has 124 valence electrons. The second kappa shape index (κ2) is 7.51. The molecule has 0 aliphatic rings. The number of H-pyrrole nitrogens is 1. The number of ether oxygens (including phenoxy) is 1. The zero-order valence-electron chi connectivity index (χ0n) is 13.3. The van der Waals surface area contributed by atoms with Crippen LogP contribution in [0.25, 0.3) is 0 Å². The molecule has 7 heteroatoms. The van der Waals surface area contributed by atoms with Crippen molar-refractivity contribution in [3.8, 4) is 11.8 Å². The third-order valence-corrected chi connectivity index (χ3v) is 3.68. The molecular weight excluding hydrogens is 338 g/mol. The number of aromatic nitrogens is 2. The Balaban J connectivity index is 1.80. The Morgan fingerprint density at radius 1 is 1.20 bits per heavy atom. The molecule has 3 rings (SSSR count). The summed E-state index contributed by atoms with van der Waals surface area (Å²) in [6.45, 7) is 0. The lowest BCUT2D eigenvalue weighted by molar-refractivity contribution is 0.415. The largest absolute Gasteiger partial charge is 0.497 e. The lowest BCUT2D eigenvalue weighted by Gasteiger charge is -2.05. The van der Waals surface area contributed by atoms with Crippen LogP contribution in [0.3, 0.4) is 0 Å². The van der Waals surface area contributed by atoms with Gasteiger partial charge in [-0.2, -0.15) is 10.4 Å². The van der Waals surface area contributed by atoms with Crippen LogP contribution in [0.4, 0.5) is 17.3 Å². The quantitative estimate of drug-likeness (QED) is 0.665. The van der Waals surface area contributed by atoms with Gasteiger partial charge in [0.05, 0.1) is 7.11 Å². The molecule has 0 fully saturated rings. The van der Waals surface area contributed by atoms with Crippen LogP contribution < -0.4 is 10.1 Å². The topological polar surface area (TPSA) is 86.1 Å². The Kier molecular flexibility index (Phi) is 4.97. The summed E-state index contributed by atoms with van der Waals surface area (Å²) in [6.07, 6.45) is 1.63. The fourth-order valence-corrected chi connectivity index (χ4v) is 2.25. The van der Waals surface area contributed by atoms with Gasteiger partial charge in [0.2, 0.25) is 0 Å². The van der Waals surface area contributed by atoms with Gasteiger partial charge in [-0.1, -0.05) is 23.7 Å². The van der Waals surface area contributed by atoms with E-state index in [9.17, 15) is 5.26 Å². The van der Waals surface area contributed by atoms with Crippen molar-refractivity contribution in [2.75, 3.05) is 12.4 Å². The lowest BCUT2D eigenvalue weighted by atomic mass is 10.2. The summed E-state index contributed by atoms with van der Waals surface area (Å²) in [4.78, 5) is 4.27. The molecule has 2 N–H and O–H groups in total. The number of anilines is 2. The summed E-state index contributed by atoms with van der Waals surface area (Å²) in [5, 5.41) is 20.1. The highest BCUT2D eigenvalue weighted by atomic mass is 35.5. The summed E-state index contributed by atoms with van der Waals surface area (Å²) in [5.74, 6) is 1.55. The predicted octanol–water partition coefficient (Wildman–Crippen LogP) is 4.44. The van der Waals surface area contributed by atoms with Gasteiger partial charge in [-0.3, -0.25) is 5.10 Å². The van der Waals surface area contributed by atoms with E-state index >= 15 is 0 Å². The monoisotopic (exact) mass is 351 g/mol. The molecule has 0 amide bonds. The first kappa shape index (κ1) is 16.6. The average Bonchev–Trinajstić information content (AvgIpc) is 3.03. The van der Waals surface area contributed by atoms with Crippen molar-refractivity contribution in [1.29, 1.82) is 5.26 Å². The van der Waals surface area contributed by atoms with E-state index in [1.807, 2.05) is 36.4 Å². The van der Waals surface area contributed by atoms with E-state index in [4.69, 9.17) is 16.3 Å². The van der Waals surface area contributed by atoms with Crippen LogP contribution in [0.2, 0.25) is 5.02 Å². The van der Waals surface area contributed by atoms with E-state index < -0.39 is 0 Å². The number of halogens is 1. The maximum atomic E-state index is 9.42. The molecule has 0 spiro atoms.